The summed E-state index contributed by atoms with van der Waals surface area (Å²) in [5, 5.41) is 15.7. The number of nitrogens with one attached hydrogen (secondary N) is 2. The Bertz CT molecular complexity index is 566. The molecule has 0 spiro atoms. The van der Waals surface area contributed by atoms with Crippen molar-refractivity contribution < 1.29 is 9.90 Å². The van der Waals surface area contributed by atoms with Crippen molar-refractivity contribution in [1.82, 2.24) is 10.6 Å². The van der Waals surface area contributed by atoms with E-state index in [1.807, 2.05) is 18.2 Å². The van der Waals surface area contributed by atoms with Gasteiger partial charge in [-0.25, -0.2) is 0 Å². The summed E-state index contributed by atoms with van der Waals surface area (Å²) in [5.41, 5.74) is 1.73. The third-order valence-corrected chi connectivity index (χ3v) is 5.71. The summed E-state index contributed by atoms with van der Waals surface area (Å²) in [6.45, 7) is 2.73. The molecule has 1 aliphatic carbocycles. The van der Waals surface area contributed by atoms with Crippen LogP contribution in [0.2, 0.25) is 5.02 Å². The zero-order chi connectivity index (χ0) is 19.3. The van der Waals surface area contributed by atoms with Gasteiger partial charge in [0.25, 0.3) is 5.91 Å². The van der Waals surface area contributed by atoms with Crippen LogP contribution in [0.3, 0.4) is 0 Å². The first-order valence-electron chi connectivity index (χ1n) is 10.6. The van der Waals surface area contributed by atoms with Crippen molar-refractivity contribution in [3.05, 3.63) is 34.3 Å². The van der Waals surface area contributed by atoms with Crippen molar-refractivity contribution in [3.8, 4) is 0 Å². The molecule has 0 radical (unpaired) electrons. The first-order chi connectivity index (χ1) is 13.2. The third kappa shape index (κ3) is 14.3. The minimum atomic E-state index is -0.0509. The quantitative estimate of drug-likeness (QED) is 0.324. The van der Waals surface area contributed by atoms with Crippen LogP contribution in [0.5, 0.6) is 0 Å². The van der Waals surface area contributed by atoms with Crippen LogP contribution in [0.15, 0.2) is 18.2 Å². The normalized spacial score (nSPS) is 13.9. The highest BCUT2D eigenvalue weighted by Gasteiger charge is 2.15. The van der Waals surface area contributed by atoms with Gasteiger partial charge in [-0.2, -0.15) is 0 Å². The number of rotatable bonds is 10. The Morgan fingerprint density at radius 1 is 1.00 bits per heavy atom. The van der Waals surface area contributed by atoms with E-state index in [0.29, 0.717) is 16.5 Å². The van der Waals surface area contributed by atoms with E-state index >= 15 is 0 Å². The van der Waals surface area contributed by atoms with Crippen molar-refractivity contribution >= 4 is 42.3 Å². The number of hydrogen-bond donors (Lipinski definition) is 3. The second-order valence-corrected chi connectivity index (χ2v) is 8.07. The minimum absolute atomic E-state index is 0. The number of hydrogen-bond acceptors (Lipinski definition) is 3. The van der Waals surface area contributed by atoms with Crippen molar-refractivity contribution in [2.45, 2.75) is 79.1 Å². The molecule has 0 heterocycles. The number of benzene rings is 1. The molecule has 3 N–H and O–H groups in total. The van der Waals surface area contributed by atoms with Gasteiger partial charge in [0.15, 0.2) is 0 Å². The average molecular weight is 500 g/mol. The predicted molar refractivity (Wildman–Crippen MR) is 140 cm³/mol. The van der Waals surface area contributed by atoms with Gasteiger partial charge in [0.05, 0.1) is 10.6 Å². The fraction of sp³-hybridized carbons (Fsp3) is 0.708. The first-order valence-corrected chi connectivity index (χ1v) is 11.0. The Morgan fingerprint density at radius 2 is 1.61 bits per heavy atom. The molecule has 31 heavy (non-hydrogen) atoms. The zero-order valence-corrected chi connectivity index (χ0v) is 19.6. The van der Waals surface area contributed by atoms with Crippen molar-refractivity contribution in [1.29, 1.82) is 0 Å². The molecule has 1 saturated carbocycles. The first kappa shape index (κ1) is 35.1. The molecule has 1 fully saturated rings. The molecule has 0 saturated heterocycles. The van der Waals surface area contributed by atoms with Crippen LogP contribution >= 0.6 is 36.4 Å². The highest BCUT2D eigenvalue weighted by atomic mass is 35.5. The lowest BCUT2D eigenvalue weighted by Gasteiger charge is -2.20. The molecule has 1 aromatic carbocycles. The van der Waals surface area contributed by atoms with E-state index in [-0.39, 0.29) is 52.2 Å². The lowest BCUT2D eigenvalue weighted by Crippen LogP contribution is -2.30. The smallest absolute Gasteiger partial charge is 0.252 e. The van der Waals surface area contributed by atoms with Gasteiger partial charge in [-0.15, -0.1) is 24.8 Å². The van der Waals surface area contributed by atoms with E-state index in [4.69, 9.17) is 16.7 Å². The van der Waals surface area contributed by atoms with Crippen LogP contribution in [0.25, 0.3) is 0 Å². The number of amides is 1. The van der Waals surface area contributed by atoms with E-state index in [9.17, 15) is 4.79 Å². The molecule has 0 unspecified atom stereocenters. The number of carbonyl (C=O) groups is 1. The minimum Gasteiger partial charge on any atom is -0.396 e. The number of aliphatic hydroxyl groups is 1. The van der Waals surface area contributed by atoms with Crippen molar-refractivity contribution in [3.63, 3.8) is 0 Å². The van der Waals surface area contributed by atoms with Crippen molar-refractivity contribution in [2.75, 3.05) is 26.2 Å². The molecular formula is C24H45Cl3N2O2. The van der Waals surface area contributed by atoms with E-state index in [1.54, 1.807) is 0 Å². The van der Waals surface area contributed by atoms with Crippen LogP contribution < -0.4 is 10.6 Å². The predicted octanol–water partition coefficient (Wildman–Crippen LogP) is 6.45. The number of carbonyl (C=O) groups excluding carboxylic acids is 1. The SMILES string of the molecule is C.C.Cl.Cl.O=C(NCC1CCCCCCC1)c1cc(CCCNCCCO)ccc1Cl. The Hall–Kier alpha value is -0.520. The van der Waals surface area contributed by atoms with Crippen LogP contribution in [0.1, 0.15) is 88.6 Å². The van der Waals surface area contributed by atoms with Gasteiger partial charge in [0.2, 0.25) is 0 Å². The highest BCUT2D eigenvalue weighted by Crippen LogP contribution is 2.22. The van der Waals surface area contributed by atoms with E-state index < -0.39 is 0 Å². The molecule has 184 valence electrons. The molecule has 0 bridgehead atoms. The maximum absolute atomic E-state index is 12.6. The molecule has 7 heteroatoms. The number of aryl methyl sites for hydroxylation is 1. The van der Waals surface area contributed by atoms with Gasteiger partial charge < -0.3 is 15.7 Å². The molecule has 1 aromatic rings. The molecule has 2 rings (SSSR count). The molecule has 1 aliphatic rings. The maximum atomic E-state index is 12.6. The summed E-state index contributed by atoms with van der Waals surface area (Å²) in [6, 6.07) is 5.77. The van der Waals surface area contributed by atoms with E-state index in [1.165, 1.54) is 44.9 Å². The summed E-state index contributed by atoms with van der Waals surface area (Å²) in [5.74, 6) is 0.547. The van der Waals surface area contributed by atoms with Gasteiger partial charge in [-0.3, -0.25) is 4.79 Å². The van der Waals surface area contributed by atoms with E-state index in [2.05, 4.69) is 10.6 Å². The molecule has 1 amide bonds. The lowest BCUT2D eigenvalue weighted by molar-refractivity contribution is 0.0944. The Kier molecular flexibility index (Phi) is 24.1. The van der Waals surface area contributed by atoms with Crippen LogP contribution in [0.4, 0.5) is 0 Å². The van der Waals surface area contributed by atoms with Gasteiger partial charge in [0.1, 0.15) is 0 Å². The average Bonchev–Trinajstić information content (AvgIpc) is 2.64. The second-order valence-electron chi connectivity index (χ2n) is 7.67. The Morgan fingerprint density at radius 3 is 2.26 bits per heavy atom. The standard InChI is InChI=1S/C22H35ClN2O2.2CH4.2ClH/c23-21-12-11-18(10-6-13-24-14-7-15-26)16-20(21)22(27)25-17-19-8-4-2-1-3-5-9-19;;;;/h11-12,16,19,24,26H,1-10,13-15,17H2,(H,25,27);2*1H4;2*1H. The van der Waals surface area contributed by atoms with E-state index in [0.717, 1.165) is 44.5 Å². The number of aliphatic hydroxyl groups excluding tert-OH is 1. The van der Waals surface area contributed by atoms with Gasteiger partial charge >= 0.3 is 0 Å². The van der Waals surface area contributed by atoms with Crippen LogP contribution in [-0.2, 0) is 6.42 Å². The summed E-state index contributed by atoms with van der Waals surface area (Å²) in [7, 11) is 0. The highest BCUT2D eigenvalue weighted by molar-refractivity contribution is 6.33. The maximum Gasteiger partial charge on any atom is 0.252 e. The summed E-state index contributed by atoms with van der Waals surface area (Å²) in [6.07, 6.45) is 11.7. The molecule has 0 atom stereocenters. The molecule has 0 aromatic heterocycles. The lowest BCUT2D eigenvalue weighted by atomic mass is 9.91. The molecular weight excluding hydrogens is 455 g/mol. The number of halogens is 3. The fourth-order valence-electron chi connectivity index (χ4n) is 3.73. The Balaban J connectivity index is -0.00000196. The molecule has 4 nitrogen and oxygen atoms in total. The van der Waals surface area contributed by atoms with Gasteiger partial charge in [-0.1, -0.05) is 64.6 Å². The fourth-order valence-corrected chi connectivity index (χ4v) is 3.93. The largest absolute Gasteiger partial charge is 0.396 e. The zero-order valence-electron chi connectivity index (χ0n) is 17.3. The topological polar surface area (TPSA) is 61.4 Å². The van der Waals surface area contributed by atoms with Gasteiger partial charge in [0, 0.05) is 13.2 Å². The monoisotopic (exact) mass is 498 g/mol. The molecule has 0 aliphatic heterocycles. The van der Waals surface area contributed by atoms with Crippen LogP contribution in [-0.4, -0.2) is 37.3 Å². The third-order valence-electron chi connectivity index (χ3n) is 5.38. The Labute approximate surface area is 208 Å². The van der Waals surface area contributed by atoms with Crippen LogP contribution in [0, 0.1) is 5.92 Å². The van der Waals surface area contributed by atoms with Crippen molar-refractivity contribution in [2.24, 2.45) is 5.92 Å². The van der Waals surface area contributed by atoms with Gasteiger partial charge in [-0.05, 0) is 68.8 Å². The summed E-state index contributed by atoms with van der Waals surface area (Å²) in [4.78, 5) is 12.6. The summed E-state index contributed by atoms with van der Waals surface area (Å²) < 4.78 is 0. The summed E-state index contributed by atoms with van der Waals surface area (Å²) >= 11 is 6.28. The second kappa shape index (κ2) is 21.3.